The van der Waals surface area contributed by atoms with Gasteiger partial charge in [0.25, 0.3) is 0 Å². The van der Waals surface area contributed by atoms with Crippen molar-refractivity contribution in [1.82, 2.24) is 29.9 Å². The number of methoxy groups -OCH3 is 1. The van der Waals surface area contributed by atoms with Crippen LogP contribution in [0.3, 0.4) is 0 Å². The number of nitrogens with zero attached hydrogens (tertiary/aromatic N) is 6. The lowest BCUT2D eigenvalue weighted by Crippen LogP contribution is -1.98. The first-order chi connectivity index (χ1) is 13.2. The molecule has 0 aliphatic carbocycles. The van der Waals surface area contributed by atoms with Crippen molar-refractivity contribution in [3.63, 3.8) is 0 Å². The maximum absolute atomic E-state index is 5.78. The van der Waals surface area contributed by atoms with Crippen LogP contribution in [0.5, 0.6) is 17.6 Å². The molecule has 0 aliphatic rings. The molecular formula is C19H16N6O2. The molecule has 0 saturated carbocycles. The lowest BCUT2D eigenvalue weighted by Gasteiger charge is -2.08. The largest absolute Gasteiger partial charge is 0.481 e. The summed E-state index contributed by atoms with van der Waals surface area (Å²) in [4.78, 5) is 12.3. The first kappa shape index (κ1) is 16.6. The van der Waals surface area contributed by atoms with Gasteiger partial charge in [0.05, 0.1) is 19.0 Å². The molecule has 1 aromatic carbocycles. The minimum atomic E-state index is 0.293. The van der Waals surface area contributed by atoms with Gasteiger partial charge in [0.15, 0.2) is 0 Å². The minimum Gasteiger partial charge on any atom is -0.481 e. The van der Waals surface area contributed by atoms with Crippen LogP contribution in [0.15, 0.2) is 61.2 Å². The Morgan fingerprint density at radius 1 is 0.963 bits per heavy atom. The van der Waals surface area contributed by atoms with Crippen LogP contribution in [-0.2, 0) is 0 Å². The second kappa shape index (κ2) is 7.20. The summed E-state index contributed by atoms with van der Waals surface area (Å²) in [6, 6.07) is 11.5. The Morgan fingerprint density at radius 3 is 2.63 bits per heavy atom. The predicted molar refractivity (Wildman–Crippen MR) is 98.0 cm³/mol. The summed E-state index contributed by atoms with van der Waals surface area (Å²) in [5.74, 6) is 1.18. The molecule has 3 heterocycles. The van der Waals surface area contributed by atoms with Gasteiger partial charge in [-0.2, -0.15) is 0 Å². The number of hydrogen-bond donors (Lipinski definition) is 0. The van der Waals surface area contributed by atoms with Gasteiger partial charge in [-0.1, -0.05) is 11.3 Å². The van der Waals surface area contributed by atoms with E-state index in [0.29, 0.717) is 23.3 Å². The van der Waals surface area contributed by atoms with Crippen LogP contribution in [0.2, 0.25) is 0 Å². The van der Waals surface area contributed by atoms with E-state index in [0.717, 1.165) is 16.8 Å². The molecular weight excluding hydrogens is 344 g/mol. The molecule has 134 valence electrons. The monoisotopic (exact) mass is 360 g/mol. The first-order valence-electron chi connectivity index (χ1n) is 8.21. The molecule has 0 spiro atoms. The third-order valence-corrected chi connectivity index (χ3v) is 3.91. The molecule has 0 fully saturated rings. The minimum absolute atomic E-state index is 0.293. The highest BCUT2D eigenvalue weighted by molar-refractivity contribution is 5.59. The van der Waals surface area contributed by atoms with Gasteiger partial charge >= 0.3 is 6.01 Å². The van der Waals surface area contributed by atoms with Gasteiger partial charge in [-0.05, 0) is 30.7 Å². The van der Waals surface area contributed by atoms with Crippen LogP contribution in [-0.4, -0.2) is 37.1 Å². The van der Waals surface area contributed by atoms with Crippen molar-refractivity contribution < 1.29 is 9.47 Å². The highest BCUT2D eigenvalue weighted by Crippen LogP contribution is 2.26. The molecule has 0 aliphatic heterocycles. The van der Waals surface area contributed by atoms with Gasteiger partial charge in [-0.3, -0.25) is 0 Å². The maximum atomic E-state index is 5.78. The molecule has 0 amide bonds. The molecule has 8 nitrogen and oxygen atoms in total. The SMILES string of the molecule is COc1cc(-c2cn(-c3ccc(C)c(Oc4ncccn4)c3)nn2)ccn1. The van der Waals surface area contributed by atoms with Crippen molar-refractivity contribution in [2.24, 2.45) is 0 Å². The van der Waals surface area contributed by atoms with Gasteiger partial charge in [0.1, 0.15) is 11.4 Å². The molecule has 0 unspecified atom stereocenters. The summed E-state index contributed by atoms with van der Waals surface area (Å²) in [6.45, 7) is 1.96. The second-order valence-corrected chi connectivity index (χ2v) is 5.72. The van der Waals surface area contributed by atoms with Crippen LogP contribution in [0.25, 0.3) is 16.9 Å². The van der Waals surface area contributed by atoms with Gasteiger partial charge in [0, 0.05) is 36.3 Å². The Hall–Kier alpha value is -3.81. The van der Waals surface area contributed by atoms with Crippen LogP contribution in [0.4, 0.5) is 0 Å². The van der Waals surface area contributed by atoms with Crippen molar-refractivity contribution in [1.29, 1.82) is 0 Å². The molecule has 27 heavy (non-hydrogen) atoms. The summed E-state index contributed by atoms with van der Waals surface area (Å²) < 4.78 is 12.6. The third kappa shape index (κ3) is 3.59. The fourth-order valence-electron chi connectivity index (χ4n) is 2.48. The molecule has 0 atom stereocenters. The van der Waals surface area contributed by atoms with Gasteiger partial charge in [-0.25, -0.2) is 19.6 Å². The van der Waals surface area contributed by atoms with E-state index in [-0.39, 0.29) is 0 Å². The topological polar surface area (TPSA) is 87.8 Å². The third-order valence-electron chi connectivity index (χ3n) is 3.91. The molecule has 0 radical (unpaired) electrons. The smallest absolute Gasteiger partial charge is 0.321 e. The standard InChI is InChI=1S/C19H16N6O2/c1-13-4-5-15(11-17(13)27-19-21-7-3-8-22-19)25-12-16(23-24-25)14-6-9-20-18(10-14)26-2/h3-12H,1-2H3. The summed E-state index contributed by atoms with van der Waals surface area (Å²) in [7, 11) is 1.58. The van der Waals surface area contributed by atoms with E-state index < -0.39 is 0 Å². The second-order valence-electron chi connectivity index (χ2n) is 5.72. The quantitative estimate of drug-likeness (QED) is 0.540. The number of ether oxygens (including phenoxy) is 2. The van der Waals surface area contributed by atoms with E-state index in [1.165, 1.54) is 0 Å². The first-order valence-corrected chi connectivity index (χ1v) is 8.21. The summed E-state index contributed by atoms with van der Waals surface area (Å²) in [5, 5.41) is 8.45. The summed E-state index contributed by atoms with van der Waals surface area (Å²) in [5.41, 5.74) is 3.36. The molecule has 3 aromatic heterocycles. The van der Waals surface area contributed by atoms with Gasteiger partial charge in [-0.15, -0.1) is 5.10 Å². The van der Waals surface area contributed by atoms with Gasteiger partial charge in [0.2, 0.25) is 5.88 Å². The van der Waals surface area contributed by atoms with Crippen LogP contribution in [0.1, 0.15) is 5.56 Å². The Morgan fingerprint density at radius 2 is 1.81 bits per heavy atom. The van der Waals surface area contributed by atoms with Crippen molar-refractivity contribution in [3.05, 3.63) is 66.7 Å². The Balaban J connectivity index is 1.64. The fourth-order valence-corrected chi connectivity index (χ4v) is 2.48. The van der Waals surface area contributed by atoms with Crippen molar-refractivity contribution >= 4 is 0 Å². The zero-order chi connectivity index (χ0) is 18.6. The normalized spacial score (nSPS) is 10.6. The maximum Gasteiger partial charge on any atom is 0.321 e. The van der Waals surface area contributed by atoms with Crippen molar-refractivity contribution in [3.8, 4) is 34.6 Å². The summed E-state index contributed by atoms with van der Waals surface area (Å²) >= 11 is 0. The Kier molecular flexibility index (Phi) is 4.44. The average Bonchev–Trinajstić information content (AvgIpc) is 3.21. The van der Waals surface area contributed by atoms with E-state index in [1.807, 2.05) is 43.5 Å². The van der Waals surface area contributed by atoms with Gasteiger partial charge < -0.3 is 9.47 Å². The molecule has 8 heteroatoms. The number of benzene rings is 1. The highest BCUT2D eigenvalue weighted by atomic mass is 16.5. The number of rotatable bonds is 5. The average molecular weight is 360 g/mol. The van der Waals surface area contributed by atoms with E-state index in [4.69, 9.17) is 9.47 Å². The molecule has 4 aromatic rings. The lowest BCUT2D eigenvalue weighted by molar-refractivity contribution is 0.398. The van der Waals surface area contributed by atoms with Crippen molar-refractivity contribution in [2.45, 2.75) is 6.92 Å². The zero-order valence-electron chi connectivity index (χ0n) is 14.8. The van der Waals surface area contributed by atoms with Crippen LogP contribution < -0.4 is 9.47 Å². The lowest BCUT2D eigenvalue weighted by atomic mass is 10.2. The molecule has 0 N–H and O–H groups in total. The van der Waals surface area contributed by atoms with Crippen molar-refractivity contribution in [2.75, 3.05) is 7.11 Å². The van der Waals surface area contributed by atoms with Crippen LogP contribution >= 0.6 is 0 Å². The molecule has 4 rings (SSSR count). The summed E-state index contributed by atoms with van der Waals surface area (Å²) in [6.07, 6.45) is 6.77. The Bertz CT molecular complexity index is 1060. The van der Waals surface area contributed by atoms with E-state index >= 15 is 0 Å². The van der Waals surface area contributed by atoms with E-state index in [9.17, 15) is 0 Å². The number of aromatic nitrogens is 6. The number of pyridine rings is 1. The molecule has 0 saturated heterocycles. The fraction of sp³-hybridized carbons (Fsp3) is 0.105. The molecule has 0 bridgehead atoms. The van der Waals surface area contributed by atoms with Crippen LogP contribution in [0, 0.1) is 6.92 Å². The number of hydrogen-bond acceptors (Lipinski definition) is 7. The Labute approximate surface area is 155 Å². The van der Waals surface area contributed by atoms with E-state index in [1.54, 1.807) is 36.4 Å². The predicted octanol–water partition coefficient (Wildman–Crippen LogP) is 3.23. The highest BCUT2D eigenvalue weighted by Gasteiger charge is 2.10. The number of aryl methyl sites for hydroxylation is 1. The zero-order valence-corrected chi connectivity index (χ0v) is 14.8. The van der Waals surface area contributed by atoms with E-state index in [2.05, 4.69) is 25.3 Å².